The molecule has 2 bridgehead atoms. The third kappa shape index (κ3) is 11.9. The zero-order valence-corrected chi connectivity index (χ0v) is 38.6. The summed E-state index contributed by atoms with van der Waals surface area (Å²) in [6.07, 6.45) is 7.90. The minimum Gasteiger partial charge on any atom is -0.497 e. The zero-order valence-electron chi connectivity index (χ0n) is 38.6. The number of allylic oxidation sites excluding steroid dienone is 3. The van der Waals surface area contributed by atoms with E-state index < -0.39 is 59.8 Å². The van der Waals surface area contributed by atoms with E-state index in [-0.39, 0.29) is 54.6 Å². The van der Waals surface area contributed by atoms with E-state index in [4.69, 9.17) is 34.2 Å². The SMILES string of the molecule is CCC1C=C(C)CC(C)CC(OC)C2OC(O)(C(=O)C(=O)N3CCCCC3C(=O)OC(C(C)=CC3CCC(N)C(Oc4cccc(OC)c4)C3)C(C)CCC1=O)C(C)CC2OC. The van der Waals surface area contributed by atoms with Gasteiger partial charge in [-0.05, 0) is 120 Å². The number of amides is 1. The van der Waals surface area contributed by atoms with Gasteiger partial charge in [0.15, 0.2) is 0 Å². The van der Waals surface area contributed by atoms with Gasteiger partial charge in [0, 0.05) is 51.1 Å². The standard InChI is InChI=1S/C49H74N2O11/c1-10-35-23-29(2)22-30(3)24-42(58-8)45-43(59-9)26-33(6)49(56,62-45)46(53)47(54)51-21-12-11-16-39(51)48(55)61-44(31(4)17-20-40(35)52)32(5)25-34-18-19-38(50)41(27-34)60-37-15-13-14-36(28-37)57-7/h13-15,23,25,28,30-31,33-35,38-39,41-45,56H,10-12,16-22,24,26-27,50H2,1-9H3. The molecule has 0 aromatic heterocycles. The second kappa shape index (κ2) is 22.3. The molecule has 62 heavy (non-hydrogen) atoms. The first-order valence-electron chi connectivity index (χ1n) is 23.0. The number of benzene rings is 1. The van der Waals surface area contributed by atoms with Gasteiger partial charge in [-0.15, -0.1) is 0 Å². The van der Waals surface area contributed by atoms with Crippen LogP contribution in [0.25, 0.3) is 0 Å². The molecule has 13 nitrogen and oxygen atoms in total. The Kier molecular flexibility index (Phi) is 17.8. The van der Waals surface area contributed by atoms with Crippen molar-refractivity contribution in [2.45, 2.75) is 167 Å². The molecule has 1 aliphatic carbocycles. The second-order valence-corrected chi connectivity index (χ2v) is 18.7. The molecule has 1 aromatic carbocycles. The summed E-state index contributed by atoms with van der Waals surface area (Å²) < 4.78 is 36.3. The molecule has 1 saturated carbocycles. The first kappa shape index (κ1) is 49.4. The Labute approximate surface area is 369 Å². The van der Waals surface area contributed by atoms with E-state index in [1.165, 1.54) is 4.90 Å². The molecule has 4 aliphatic rings. The van der Waals surface area contributed by atoms with Gasteiger partial charge in [-0.3, -0.25) is 14.4 Å². The molecule has 13 atom stereocenters. The minimum absolute atomic E-state index is 0.0749. The number of hydrogen-bond acceptors (Lipinski definition) is 12. The number of aliphatic hydroxyl groups is 1. The largest absolute Gasteiger partial charge is 0.497 e. The zero-order chi connectivity index (χ0) is 45.3. The number of piperidine rings is 1. The van der Waals surface area contributed by atoms with E-state index >= 15 is 0 Å². The number of ketones is 2. The van der Waals surface area contributed by atoms with Gasteiger partial charge in [0.25, 0.3) is 11.7 Å². The highest BCUT2D eigenvalue weighted by Crippen LogP contribution is 2.39. The molecule has 0 radical (unpaired) electrons. The van der Waals surface area contributed by atoms with Crippen LogP contribution >= 0.6 is 0 Å². The van der Waals surface area contributed by atoms with Crippen LogP contribution in [0.4, 0.5) is 0 Å². The van der Waals surface area contributed by atoms with Crippen molar-refractivity contribution in [2.75, 3.05) is 27.9 Å². The van der Waals surface area contributed by atoms with Gasteiger partial charge in [0.05, 0.1) is 19.3 Å². The van der Waals surface area contributed by atoms with Crippen molar-refractivity contribution in [1.82, 2.24) is 4.90 Å². The Bertz CT molecular complexity index is 1760. The van der Waals surface area contributed by atoms with Crippen molar-refractivity contribution < 1.29 is 52.7 Å². The van der Waals surface area contributed by atoms with Crippen LogP contribution in [0.1, 0.15) is 119 Å². The third-order valence-corrected chi connectivity index (χ3v) is 13.9. The van der Waals surface area contributed by atoms with Gasteiger partial charge in [-0.1, -0.05) is 51.5 Å². The first-order valence-corrected chi connectivity index (χ1v) is 23.0. The van der Waals surface area contributed by atoms with E-state index in [9.17, 15) is 24.3 Å². The fraction of sp³-hybridized carbons (Fsp3) is 0.714. The molecule has 13 unspecified atom stereocenters. The van der Waals surface area contributed by atoms with E-state index in [1.54, 1.807) is 28.3 Å². The van der Waals surface area contributed by atoms with Gasteiger partial charge in [-0.2, -0.15) is 0 Å². The number of fused-ring (bicyclic) bond motifs is 3. The summed E-state index contributed by atoms with van der Waals surface area (Å²) in [6, 6.07) is 6.24. The fourth-order valence-corrected chi connectivity index (χ4v) is 10.2. The predicted octanol–water partition coefficient (Wildman–Crippen LogP) is 6.91. The van der Waals surface area contributed by atoms with Gasteiger partial charge in [0.2, 0.25) is 5.79 Å². The van der Waals surface area contributed by atoms with Crippen molar-refractivity contribution in [2.24, 2.45) is 35.3 Å². The molecule has 1 aromatic rings. The van der Waals surface area contributed by atoms with E-state index in [0.29, 0.717) is 69.3 Å². The molecular weight excluding hydrogens is 793 g/mol. The summed E-state index contributed by atoms with van der Waals surface area (Å²) in [5, 5.41) is 12.1. The van der Waals surface area contributed by atoms with Crippen molar-refractivity contribution >= 4 is 23.4 Å². The monoisotopic (exact) mass is 867 g/mol. The molecular formula is C49H74N2O11. The highest BCUT2D eigenvalue weighted by Gasteiger charge is 2.56. The number of cyclic esters (lactones) is 1. The lowest BCUT2D eigenvalue weighted by Gasteiger charge is -2.47. The number of nitrogens with zero attached hydrogens (tertiary/aromatic N) is 1. The molecule has 3 N–H and O–H groups in total. The van der Waals surface area contributed by atoms with Gasteiger partial charge < -0.3 is 44.2 Å². The highest BCUT2D eigenvalue weighted by molar-refractivity contribution is 6.39. The van der Waals surface area contributed by atoms with Crippen LogP contribution in [0, 0.1) is 29.6 Å². The second-order valence-electron chi connectivity index (χ2n) is 18.7. The number of ether oxygens (including phenoxy) is 6. The molecule has 0 spiro atoms. The lowest BCUT2D eigenvalue weighted by molar-refractivity contribution is -0.302. The van der Waals surface area contributed by atoms with Crippen molar-refractivity contribution in [3.63, 3.8) is 0 Å². The van der Waals surface area contributed by atoms with Crippen molar-refractivity contribution in [3.8, 4) is 11.5 Å². The van der Waals surface area contributed by atoms with Crippen molar-refractivity contribution in [3.05, 3.63) is 47.6 Å². The molecule has 1 amide bonds. The van der Waals surface area contributed by atoms with Gasteiger partial charge >= 0.3 is 5.97 Å². The van der Waals surface area contributed by atoms with Crippen LogP contribution in [0.15, 0.2) is 47.6 Å². The van der Waals surface area contributed by atoms with Crippen LogP contribution in [0.3, 0.4) is 0 Å². The summed E-state index contributed by atoms with van der Waals surface area (Å²) in [5.74, 6) is -4.88. The molecule has 3 fully saturated rings. The van der Waals surface area contributed by atoms with E-state index in [1.807, 2.05) is 52.0 Å². The summed E-state index contributed by atoms with van der Waals surface area (Å²) >= 11 is 0. The number of rotatable bonds is 8. The summed E-state index contributed by atoms with van der Waals surface area (Å²) in [7, 11) is 4.72. The summed E-state index contributed by atoms with van der Waals surface area (Å²) in [4.78, 5) is 58.3. The quantitative estimate of drug-likeness (QED) is 0.157. The van der Waals surface area contributed by atoms with Crippen LogP contribution < -0.4 is 15.2 Å². The Morgan fingerprint density at radius 2 is 1.66 bits per heavy atom. The summed E-state index contributed by atoms with van der Waals surface area (Å²) in [5.41, 5.74) is 8.50. The lowest BCUT2D eigenvalue weighted by Crippen LogP contribution is -2.64. The number of carbonyl (C=O) groups excluding carboxylic acids is 4. The Morgan fingerprint density at radius 1 is 0.952 bits per heavy atom. The van der Waals surface area contributed by atoms with Crippen LogP contribution in [-0.2, 0) is 38.1 Å². The van der Waals surface area contributed by atoms with Crippen LogP contribution in [0.2, 0.25) is 0 Å². The smallest absolute Gasteiger partial charge is 0.329 e. The molecule has 13 heteroatoms. The van der Waals surface area contributed by atoms with E-state index in [2.05, 4.69) is 19.1 Å². The fourth-order valence-electron chi connectivity index (χ4n) is 10.2. The molecule has 346 valence electrons. The van der Waals surface area contributed by atoms with E-state index in [0.717, 1.165) is 24.0 Å². The summed E-state index contributed by atoms with van der Waals surface area (Å²) in [6.45, 7) is 11.9. The number of Topliss-reactive ketones (excluding diaryl/α,β-unsaturated/α-hetero) is 2. The molecule has 5 rings (SSSR count). The minimum atomic E-state index is -2.47. The average molecular weight is 867 g/mol. The lowest BCUT2D eigenvalue weighted by atomic mass is 9.81. The topological polar surface area (TPSA) is 173 Å². The number of methoxy groups -OCH3 is 3. The molecule has 3 aliphatic heterocycles. The van der Waals surface area contributed by atoms with Gasteiger partial charge in [-0.25, -0.2) is 4.79 Å². The van der Waals surface area contributed by atoms with Gasteiger partial charge in [0.1, 0.15) is 41.6 Å². The number of nitrogens with two attached hydrogens (primary N) is 1. The molecule has 3 heterocycles. The number of esters is 1. The highest BCUT2D eigenvalue weighted by atomic mass is 16.7. The number of hydrogen-bond donors (Lipinski definition) is 2. The third-order valence-electron chi connectivity index (χ3n) is 13.9. The normalized spacial score (nSPS) is 36.5. The van der Waals surface area contributed by atoms with Crippen LogP contribution in [-0.4, -0.2) is 110 Å². The Morgan fingerprint density at radius 3 is 2.35 bits per heavy atom. The Balaban J connectivity index is 1.48. The predicted molar refractivity (Wildman–Crippen MR) is 235 cm³/mol. The average Bonchev–Trinajstić information content (AvgIpc) is 3.26. The maximum Gasteiger partial charge on any atom is 0.329 e. The first-order chi connectivity index (χ1) is 29.5. The number of carbonyl (C=O) groups is 4. The maximum absolute atomic E-state index is 14.5. The van der Waals surface area contributed by atoms with Crippen LogP contribution in [0.5, 0.6) is 11.5 Å². The van der Waals surface area contributed by atoms with Crippen molar-refractivity contribution in [1.29, 1.82) is 0 Å². The molecule has 2 saturated heterocycles. The Hall–Kier alpha value is -3.62. The maximum atomic E-state index is 14.5.